The van der Waals surface area contributed by atoms with Crippen LogP contribution in [-0.4, -0.2) is 51.8 Å². The van der Waals surface area contributed by atoms with Gasteiger partial charge in [-0.05, 0) is 24.3 Å². The van der Waals surface area contributed by atoms with Crippen LogP contribution in [0.2, 0.25) is 5.02 Å². The van der Waals surface area contributed by atoms with E-state index in [1.54, 1.807) is 0 Å². The Hall–Kier alpha value is -2.97. The Bertz CT molecular complexity index is 900. The molecule has 1 fully saturated rings. The van der Waals surface area contributed by atoms with Gasteiger partial charge in [-0.15, -0.1) is 0 Å². The lowest BCUT2D eigenvalue weighted by Gasteiger charge is -2.30. The minimum Gasteiger partial charge on any atom is -0.493 e. The fraction of sp³-hybridized carbons (Fsp3) is 0.300. The highest BCUT2D eigenvalue weighted by Crippen LogP contribution is 2.37. The molecule has 0 saturated carbocycles. The van der Waals surface area contributed by atoms with Gasteiger partial charge in [-0.1, -0.05) is 23.7 Å². The number of anilines is 2. The molecule has 29 heavy (non-hydrogen) atoms. The number of ether oxygens (including phenoxy) is 3. The lowest BCUT2D eigenvalue weighted by molar-refractivity contribution is -0.119. The number of amides is 2. The number of methoxy groups -OCH3 is 1. The van der Waals surface area contributed by atoms with E-state index in [-0.39, 0.29) is 34.6 Å². The molecular formula is C20H22ClN3O5. The number of primary amides is 1. The number of rotatable bonds is 7. The second-order valence-corrected chi connectivity index (χ2v) is 6.72. The summed E-state index contributed by atoms with van der Waals surface area (Å²) in [6, 6.07) is 10.5. The van der Waals surface area contributed by atoms with Gasteiger partial charge in [0.2, 0.25) is 0 Å². The molecule has 0 aromatic heterocycles. The van der Waals surface area contributed by atoms with E-state index in [0.29, 0.717) is 18.9 Å². The minimum absolute atomic E-state index is 0.136. The number of carbonyl (C=O) groups is 2. The Balaban J connectivity index is 1.82. The van der Waals surface area contributed by atoms with Crippen LogP contribution in [0.3, 0.4) is 0 Å². The van der Waals surface area contributed by atoms with Gasteiger partial charge in [-0.3, -0.25) is 9.59 Å². The van der Waals surface area contributed by atoms with Crippen LogP contribution < -0.4 is 25.4 Å². The first-order valence-corrected chi connectivity index (χ1v) is 9.39. The van der Waals surface area contributed by atoms with Gasteiger partial charge < -0.3 is 30.2 Å². The summed E-state index contributed by atoms with van der Waals surface area (Å²) in [6.07, 6.45) is 0. The molecule has 9 heteroatoms. The predicted molar refractivity (Wildman–Crippen MR) is 110 cm³/mol. The summed E-state index contributed by atoms with van der Waals surface area (Å²) in [7, 11) is 1.41. The predicted octanol–water partition coefficient (Wildman–Crippen LogP) is 2.30. The normalized spacial score (nSPS) is 13.7. The zero-order chi connectivity index (χ0) is 20.8. The Morgan fingerprint density at radius 2 is 1.97 bits per heavy atom. The SMILES string of the molecule is COc1cc(C(=O)Nc2ccccc2N2CCOCC2)cc(Cl)c1OCC(N)=O. The number of halogens is 1. The van der Waals surface area contributed by atoms with Crippen molar-refractivity contribution in [3.63, 3.8) is 0 Å². The van der Waals surface area contributed by atoms with Crippen molar-refractivity contribution in [3.05, 3.63) is 47.0 Å². The maximum atomic E-state index is 12.9. The van der Waals surface area contributed by atoms with Crippen LogP contribution in [0.4, 0.5) is 11.4 Å². The summed E-state index contributed by atoms with van der Waals surface area (Å²) in [6.45, 7) is 2.43. The molecule has 1 aliphatic heterocycles. The van der Waals surface area contributed by atoms with Crippen LogP contribution in [-0.2, 0) is 9.53 Å². The number of morpholine rings is 1. The second kappa shape index (κ2) is 9.49. The average molecular weight is 420 g/mol. The Morgan fingerprint density at radius 1 is 1.24 bits per heavy atom. The van der Waals surface area contributed by atoms with Gasteiger partial charge >= 0.3 is 0 Å². The lowest BCUT2D eigenvalue weighted by atomic mass is 10.1. The first kappa shape index (κ1) is 20.8. The van der Waals surface area contributed by atoms with E-state index in [9.17, 15) is 9.59 Å². The van der Waals surface area contributed by atoms with Gasteiger partial charge in [0.25, 0.3) is 11.8 Å². The number of hydrogen-bond donors (Lipinski definition) is 2. The molecule has 0 aliphatic carbocycles. The van der Waals surface area contributed by atoms with Crippen LogP contribution in [0, 0.1) is 0 Å². The lowest BCUT2D eigenvalue weighted by Crippen LogP contribution is -2.36. The average Bonchev–Trinajstić information content (AvgIpc) is 2.73. The monoisotopic (exact) mass is 419 g/mol. The molecule has 1 heterocycles. The number of benzene rings is 2. The molecule has 1 saturated heterocycles. The summed E-state index contributed by atoms with van der Waals surface area (Å²) < 4.78 is 15.9. The highest BCUT2D eigenvalue weighted by atomic mass is 35.5. The van der Waals surface area contributed by atoms with Crippen molar-refractivity contribution in [2.75, 3.05) is 50.2 Å². The van der Waals surface area contributed by atoms with E-state index in [1.807, 2.05) is 24.3 Å². The number of hydrogen-bond acceptors (Lipinski definition) is 6. The Labute approximate surface area is 173 Å². The van der Waals surface area contributed by atoms with Crippen molar-refractivity contribution in [2.24, 2.45) is 5.73 Å². The molecule has 2 aromatic rings. The standard InChI is InChI=1S/C20H22ClN3O5/c1-27-17-11-13(10-14(21)19(17)29-12-18(22)25)20(26)23-15-4-2-3-5-16(15)24-6-8-28-9-7-24/h2-5,10-11H,6-9,12H2,1H3,(H2,22,25)(H,23,26). The third-order valence-electron chi connectivity index (χ3n) is 4.35. The number of nitrogens with one attached hydrogen (secondary N) is 1. The third kappa shape index (κ3) is 5.10. The molecule has 3 N–H and O–H groups in total. The molecule has 154 valence electrons. The van der Waals surface area contributed by atoms with E-state index in [4.69, 9.17) is 31.5 Å². The van der Waals surface area contributed by atoms with E-state index < -0.39 is 5.91 Å². The second-order valence-electron chi connectivity index (χ2n) is 6.32. The zero-order valence-corrected chi connectivity index (χ0v) is 16.7. The molecular weight excluding hydrogens is 398 g/mol. The van der Waals surface area contributed by atoms with Crippen LogP contribution >= 0.6 is 11.6 Å². The van der Waals surface area contributed by atoms with Crippen molar-refractivity contribution in [3.8, 4) is 11.5 Å². The van der Waals surface area contributed by atoms with Crippen LogP contribution in [0.15, 0.2) is 36.4 Å². The van der Waals surface area contributed by atoms with Gasteiger partial charge in [0.1, 0.15) is 0 Å². The zero-order valence-electron chi connectivity index (χ0n) is 15.9. The van der Waals surface area contributed by atoms with Gasteiger partial charge in [-0.2, -0.15) is 0 Å². The maximum absolute atomic E-state index is 12.9. The van der Waals surface area contributed by atoms with Crippen molar-refractivity contribution in [1.82, 2.24) is 0 Å². The Kier molecular flexibility index (Phi) is 6.79. The van der Waals surface area contributed by atoms with Crippen molar-refractivity contribution in [1.29, 1.82) is 0 Å². The molecule has 1 aliphatic rings. The topological polar surface area (TPSA) is 103 Å². The van der Waals surface area contributed by atoms with E-state index in [2.05, 4.69) is 10.2 Å². The minimum atomic E-state index is -0.648. The first-order chi connectivity index (χ1) is 14.0. The summed E-state index contributed by atoms with van der Waals surface area (Å²) in [5.74, 6) is -0.624. The molecule has 0 bridgehead atoms. The number of carbonyl (C=O) groups excluding carboxylic acids is 2. The van der Waals surface area contributed by atoms with E-state index in [1.165, 1.54) is 19.2 Å². The Morgan fingerprint density at radius 3 is 2.66 bits per heavy atom. The molecule has 3 rings (SSSR count). The fourth-order valence-electron chi connectivity index (χ4n) is 2.99. The first-order valence-electron chi connectivity index (χ1n) is 9.01. The third-order valence-corrected chi connectivity index (χ3v) is 4.64. The van der Waals surface area contributed by atoms with Crippen molar-refractivity contribution in [2.45, 2.75) is 0 Å². The van der Waals surface area contributed by atoms with Crippen molar-refractivity contribution < 1.29 is 23.8 Å². The molecule has 8 nitrogen and oxygen atoms in total. The smallest absolute Gasteiger partial charge is 0.255 e. The molecule has 0 radical (unpaired) electrons. The van der Waals surface area contributed by atoms with Gasteiger partial charge in [0.15, 0.2) is 18.1 Å². The highest BCUT2D eigenvalue weighted by Gasteiger charge is 2.19. The summed E-state index contributed by atoms with van der Waals surface area (Å²) in [5, 5.41) is 3.06. The number of para-hydroxylation sites is 2. The van der Waals surface area contributed by atoms with Crippen LogP contribution in [0.5, 0.6) is 11.5 Å². The molecule has 0 atom stereocenters. The van der Waals surface area contributed by atoms with E-state index in [0.717, 1.165) is 18.8 Å². The molecule has 2 amide bonds. The summed E-state index contributed by atoms with van der Waals surface area (Å²) >= 11 is 6.24. The highest BCUT2D eigenvalue weighted by molar-refractivity contribution is 6.32. The molecule has 0 spiro atoms. The summed E-state index contributed by atoms with van der Waals surface area (Å²) in [4.78, 5) is 26.0. The van der Waals surface area contributed by atoms with E-state index >= 15 is 0 Å². The van der Waals surface area contributed by atoms with Crippen molar-refractivity contribution >= 4 is 34.8 Å². The van der Waals surface area contributed by atoms with Crippen LogP contribution in [0.25, 0.3) is 0 Å². The van der Waals surface area contributed by atoms with Gasteiger partial charge in [0, 0.05) is 18.7 Å². The van der Waals surface area contributed by atoms with Gasteiger partial charge in [0.05, 0.1) is 36.7 Å². The van der Waals surface area contributed by atoms with Gasteiger partial charge in [-0.25, -0.2) is 0 Å². The fourth-order valence-corrected chi connectivity index (χ4v) is 3.25. The summed E-state index contributed by atoms with van der Waals surface area (Å²) in [5.41, 5.74) is 6.99. The molecule has 0 unspecified atom stereocenters. The largest absolute Gasteiger partial charge is 0.493 e. The number of nitrogens with two attached hydrogens (primary N) is 1. The maximum Gasteiger partial charge on any atom is 0.255 e. The van der Waals surface area contributed by atoms with Crippen LogP contribution in [0.1, 0.15) is 10.4 Å². The number of nitrogens with zero attached hydrogens (tertiary/aromatic N) is 1. The molecule has 2 aromatic carbocycles. The quantitative estimate of drug-likeness (QED) is 0.713.